The van der Waals surface area contributed by atoms with E-state index < -0.39 is 0 Å². The van der Waals surface area contributed by atoms with Crippen molar-refractivity contribution >= 4 is 17.1 Å². The fraction of sp³-hybridized carbons (Fsp3) is 0.353. The van der Waals surface area contributed by atoms with Crippen LogP contribution in [0.2, 0.25) is 0 Å². The first-order valence-corrected chi connectivity index (χ1v) is 7.79. The van der Waals surface area contributed by atoms with Gasteiger partial charge in [0.15, 0.2) is 5.78 Å². The van der Waals surface area contributed by atoms with Crippen LogP contribution in [0.3, 0.4) is 0 Å². The van der Waals surface area contributed by atoms with E-state index in [9.17, 15) is 4.79 Å². The minimum Gasteiger partial charge on any atom is -0.293 e. The standard InChI is InChI=1S/C17H20OS/c1-3-7-13-9-5-6-10-14(13)16-11-12-17(19-16)15(18)8-4-2/h5-6,9-12H,3-4,7-8H2,1-2H3. The number of thiophene rings is 1. The number of rotatable bonds is 6. The van der Waals surface area contributed by atoms with Gasteiger partial charge in [-0.3, -0.25) is 4.79 Å². The number of ketones is 1. The molecule has 0 bridgehead atoms. The van der Waals surface area contributed by atoms with E-state index in [-0.39, 0.29) is 5.78 Å². The Morgan fingerprint density at radius 1 is 1.05 bits per heavy atom. The monoisotopic (exact) mass is 272 g/mol. The fourth-order valence-corrected chi connectivity index (χ4v) is 3.26. The number of carbonyl (C=O) groups excluding carboxylic acids is 1. The number of hydrogen-bond donors (Lipinski definition) is 0. The van der Waals surface area contributed by atoms with Crippen LogP contribution in [0.4, 0.5) is 0 Å². The van der Waals surface area contributed by atoms with Gasteiger partial charge in [-0.25, -0.2) is 0 Å². The van der Waals surface area contributed by atoms with Crippen molar-refractivity contribution in [1.29, 1.82) is 0 Å². The van der Waals surface area contributed by atoms with Gasteiger partial charge in [0.2, 0.25) is 0 Å². The Morgan fingerprint density at radius 3 is 2.58 bits per heavy atom. The maximum Gasteiger partial charge on any atom is 0.172 e. The zero-order valence-electron chi connectivity index (χ0n) is 11.6. The molecule has 0 unspecified atom stereocenters. The van der Waals surface area contributed by atoms with E-state index in [0.717, 1.165) is 24.1 Å². The Kier molecular flexibility index (Phi) is 4.92. The number of Topliss-reactive ketones (excluding diaryl/α,β-unsaturated/α-hetero) is 1. The van der Waals surface area contributed by atoms with Crippen molar-refractivity contribution in [2.75, 3.05) is 0 Å². The molecule has 1 nitrogen and oxygen atoms in total. The Morgan fingerprint density at radius 2 is 1.84 bits per heavy atom. The van der Waals surface area contributed by atoms with Gasteiger partial charge in [0.25, 0.3) is 0 Å². The van der Waals surface area contributed by atoms with Crippen molar-refractivity contribution in [3.8, 4) is 10.4 Å². The van der Waals surface area contributed by atoms with Gasteiger partial charge in [-0.2, -0.15) is 0 Å². The first-order chi connectivity index (χ1) is 9.26. The predicted octanol–water partition coefficient (Wildman–Crippen LogP) is 5.35. The largest absolute Gasteiger partial charge is 0.293 e. The van der Waals surface area contributed by atoms with Crippen LogP contribution < -0.4 is 0 Å². The van der Waals surface area contributed by atoms with Crippen LogP contribution in [0.1, 0.15) is 48.3 Å². The molecule has 0 aliphatic heterocycles. The van der Waals surface area contributed by atoms with Gasteiger partial charge in [0.05, 0.1) is 4.88 Å². The lowest BCUT2D eigenvalue weighted by molar-refractivity contribution is 0.0985. The Hall–Kier alpha value is -1.41. The normalized spacial score (nSPS) is 10.6. The minimum atomic E-state index is 0.270. The van der Waals surface area contributed by atoms with Crippen molar-refractivity contribution in [1.82, 2.24) is 0 Å². The summed E-state index contributed by atoms with van der Waals surface area (Å²) in [6.45, 7) is 4.24. The highest BCUT2D eigenvalue weighted by Crippen LogP contribution is 2.32. The second kappa shape index (κ2) is 6.67. The zero-order chi connectivity index (χ0) is 13.7. The van der Waals surface area contributed by atoms with Crippen molar-refractivity contribution in [3.05, 3.63) is 46.8 Å². The number of hydrogen-bond acceptors (Lipinski definition) is 2. The molecular formula is C17H20OS. The van der Waals surface area contributed by atoms with Gasteiger partial charge < -0.3 is 0 Å². The van der Waals surface area contributed by atoms with Crippen LogP contribution in [-0.4, -0.2) is 5.78 Å². The number of benzene rings is 1. The third kappa shape index (κ3) is 3.32. The lowest BCUT2D eigenvalue weighted by Crippen LogP contribution is -1.93. The third-order valence-corrected chi connectivity index (χ3v) is 4.32. The quantitative estimate of drug-likeness (QED) is 0.648. The van der Waals surface area contributed by atoms with E-state index in [2.05, 4.69) is 37.3 Å². The average Bonchev–Trinajstić information content (AvgIpc) is 2.90. The highest BCUT2D eigenvalue weighted by atomic mass is 32.1. The summed E-state index contributed by atoms with van der Waals surface area (Å²) in [5.41, 5.74) is 2.66. The Bertz CT molecular complexity index is 554. The molecule has 0 radical (unpaired) electrons. The van der Waals surface area contributed by atoms with Gasteiger partial charge in [0.1, 0.15) is 0 Å². The maximum absolute atomic E-state index is 11.9. The lowest BCUT2D eigenvalue weighted by atomic mass is 10.0. The molecule has 0 saturated heterocycles. The number of aryl methyl sites for hydroxylation is 1. The molecule has 1 aromatic heterocycles. The van der Waals surface area contributed by atoms with E-state index in [4.69, 9.17) is 0 Å². The van der Waals surface area contributed by atoms with Crippen molar-refractivity contribution < 1.29 is 4.79 Å². The molecule has 0 saturated carbocycles. The van der Waals surface area contributed by atoms with Gasteiger partial charge in [0, 0.05) is 11.3 Å². The summed E-state index contributed by atoms with van der Waals surface area (Å²) in [7, 11) is 0. The van der Waals surface area contributed by atoms with Gasteiger partial charge in [-0.05, 0) is 36.1 Å². The lowest BCUT2D eigenvalue weighted by Gasteiger charge is -2.06. The van der Waals surface area contributed by atoms with E-state index in [0.29, 0.717) is 6.42 Å². The maximum atomic E-state index is 11.9. The van der Waals surface area contributed by atoms with Gasteiger partial charge >= 0.3 is 0 Å². The second-order valence-electron chi connectivity index (χ2n) is 4.74. The summed E-state index contributed by atoms with van der Waals surface area (Å²) in [6.07, 6.45) is 3.80. The second-order valence-corrected chi connectivity index (χ2v) is 5.83. The SMILES string of the molecule is CCCC(=O)c1ccc(-c2ccccc2CCC)s1. The molecule has 2 aromatic rings. The zero-order valence-corrected chi connectivity index (χ0v) is 12.4. The summed E-state index contributed by atoms with van der Waals surface area (Å²) in [6, 6.07) is 12.6. The van der Waals surface area contributed by atoms with E-state index in [1.165, 1.54) is 16.0 Å². The molecule has 0 atom stereocenters. The number of carbonyl (C=O) groups is 1. The topological polar surface area (TPSA) is 17.1 Å². The first kappa shape index (κ1) is 14.0. The molecule has 1 aromatic carbocycles. The molecular weight excluding hydrogens is 252 g/mol. The molecule has 0 aliphatic rings. The molecule has 2 rings (SSSR count). The highest BCUT2D eigenvalue weighted by molar-refractivity contribution is 7.17. The van der Waals surface area contributed by atoms with Gasteiger partial charge in [-0.1, -0.05) is 44.5 Å². The smallest absolute Gasteiger partial charge is 0.172 e. The fourth-order valence-electron chi connectivity index (χ4n) is 2.23. The van der Waals surface area contributed by atoms with Crippen LogP contribution in [0, 0.1) is 0 Å². The van der Waals surface area contributed by atoms with Crippen LogP contribution in [0.15, 0.2) is 36.4 Å². The Balaban J connectivity index is 2.30. The molecule has 0 fully saturated rings. The van der Waals surface area contributed by atoms with Crippen molar-refractivity contribution in [3.63, 3.8) is 0 Å². The van der Waals surface area contributed by atoms with Crippen molar-refractivity contribution in [2.45, 2.75) is 39.5 Å². The Labute approximate surface area is 119 Å². The average molecular weight is 272 g/mol. The molecule has 2 heteroatoms. The van der Waals surface area contributed by atoms with Crippen LogP contribution >= 0.6 is 11.3 Å². The summed E-state index contributed by atoms with van der Waals surface area (Å²) in [5.74, 6) is 0.270. The molecule has 0 spiro atoms. The van der Waals surface area contributed by atoms with E-state index in [1.807, 2.05) is 13.0 Å². The van der Waals surface area contributed by atoms with Crippen LogP contribution in [-0.2, 0) is 6.42 Å². The molecule has 1 heterocycles. The summed E-state index contributed by atoms with van der Waals surface area (Å²) in [4.78, 5) is 14.0. The minimum absolute atomic E-state index is 0.270. The van der Waals surface area contributed by atoms with Crippen LogP contribution in [0.5, 0.6) is 0 Å². The molecule has 100 valence electrons. The first-order valence-electron chi connectivity index (χ1n) is 6.97. The summed E-state index contributed by atoms with van der Waals surface area (Å²) in [5, 5.41) is 0. The summed E-state index contributed by atoms with van der Waals surface area (Å²) >= 11 is 1.62. The van der Waals surface area contributed by atoms with E-state index >= 15 is 0 Å². The predicted molar refractivity (Wildman–Crippen MR) is 83.0 cm³/mol. The van der Waals surface area contributed by atoms with E-state index in [1.54, 1.807) is 11.3 Å². The van der Waals surface area contributed by atoms with Gasteiger partial charge in [-0.15, -0.1) is 11.3 Å². The third-order valence-electron chi connectivity index (χ3n) is 3.16. The summed E-state index contributed by atoms with van der Waals surface area (Å²) < 4.78 is 0. The molecule has 0 N–H and O–H groups in total. The molecule has 19 heavy (non-hydrogen) atoms. The van der Waals surface area contributed by atoms with Crippen molar-refractivity contribution in [2.24, 2.45) is 0 Å². The van der Waals surface area contributed by atoms with Crippen LogP contribution in [0.25, 0.3) is 10.4 Å². The molecule has 0 amide bonds. The molecule has 0 aliphatic carbocycles. The highest BCUT2D eigenvalue weighted by Gasteiger charge is 2.11.